The molecular weight excluding hydrogens is 425 g/mol. The van der Waals surface area contributed by atoms with Gasteiger partial charge in [0.1, 0.15) is 0 Å². The molecule has 0 spiro atoms. The van der Waals surface area contributed by atoms with Crippen LogP contribution in [0.4, 0.5) is 15.8 Å². The summed E-state index contributed by atoms with van der Waals surface area (Å²) in [4.78, 5) is 31.5. The lowest BCUT2D eigenvalue weighted by molar-refractivity contribution is 0.102. The van der Waals surface area contributed by atoms with Crippen LogP contribution in [-0.2, 0) is 0 Å². The van der Waals surface area contributed by atoms with Gasteiger partial charge in [0.2, 0.25) is 0 Å². The highest BCUT2D eigenvalue weighted by molar-refractivity contribution is 6.13. The summed E-state index contributed by atoms with van der Waals surface area (Å²) in [5, 5.41) is 6.88. The maximum Gasteiger partial charge on any atom is 0.336 e. The normalized spacial score (nSPS) is 18.7. The summed E-state index contributed by atoms with van der Waals surface area (Å²) in [6, 6.07) is 8.35. The number of rotatable bonds is 3. The Balaban J connectivity index is 1.54. The number of aryl methyl sites for hydroxylation is 1. The SMILES string of the molecule is Cc1cn2cc(NC(=O)c3ccc(N4C[C@@H](C)N[C@H](C)C4)c4ccc(=O)oc34)cc(F)c2n1. The number of nitrogens with one attached hydrogen (secondary N) is 2. The molecule has 1 aromatic carbocycles. The van der Waals surface area contributed by atoms with Crippen LogP contribution in [0, 0.1) is 12.7 Å². The Hall–Kier alpha value is -3.72. The van der Waals surface area contributed by atoms with Gasteiger partial charge in [-0.15, -0.1) is 0 Å². The zero-order valence-electron chi connectivity index (χ0n) is 18.6. The number of halogens is 1. The maximum absolute atomic E-state index is 14.4. The van der Waals surface area contributed by atoms with E-state index in [4.69, 9.17) is 4.42 Å². The van der Waals surface area contributed by atoms with Crippen LogP contribution in [0.1, 0.15) is 29.9 Å². The first kappa shape index (κ1) is 21.1. The molecule has 1 amide bonds. The number of aromatic nitrogens is 2. The number of imidazole rings is 1. The highest BCUT2D eigenvalue weighted by Crippen LogP contribution is 2.30. The fourth-order valence-electron chi connectivity index (χ4n) is 4.57. The topological polar surface area (TPSA) is 91.9 Å². The maximum atomic E-state index is 14.4. The number of fused-ring (bicyclic) bond motifs is 2. The first-order valence-electron chi connectivity index (χ1n) is 10.8. The second-order valence-electron chi connectivity index (χ2n) is 8.65. The van der Waals surface area contributed by atoms with Gasteiger partial charge in [0.15, 0.2) is 17.0 Å². The third-order valence-corrected chi connectivity index (χ3v) is 5.79. The number of carbonyl (C=O) groups excluding carboxylic acids is 1. The van der Waals surface area contributed by atoms with Crippen molar-refractivity contribution in [1.82, 2.24) is 14.7 Å². The van der Waals surface area contributed by atoms with Gasteiger partial charge in [0.05, 0.1) is 16.9 Å². The lowest BCUT2D eigenvalue weighted by atomic mass is 10.0. The number of amides is 1. The van der Waals surface area contributed by atoms with Crippen molar-refractivity contribution < 1.29 is 13.6 Å². The van der Waals surface area contributed by atoms with Crippen LogP contribution in [0.25, 0.3) is 16.6 Å². The minimum atomic E-state index is -0.547. The molecule has 2 atom stereocenters. The average molecular weight is 449 g/mol. The number of hydrogen-bond acceptors (Lipinski definition) is 6. The first-order chi connectivity index (χ1) is 15.8. The molecule has 1 fully saturated rings. The lowest BCUT2D eigenvalue weighted by Crippen LogP contribution is -2.54. The summed E-state index contributed by atoms with van der Waals surface area (Å²) in [5.41, 5.74) is 1.87. The number of nitrogens with zero attached hydrogens (tertiary/aromatic N) is 3. The highest BCUT2D eigenvalue weighted by atomic mass is 19.1. The molecule has 0 radical (unpaired) electrons. The van der Waals surface area contributed by atoms with Crippen LogP contribution in [0.3, 0.4) is 0 Å². The molecule has 4 heterocycles. The number of anilines is 2. The molecule has 0 aliphatic carbocycles. The van der Waals surface area contributed by atoms with E-state index in [2.05, 4.69) is 34.4 Å². The molecule has 0 saturated carbocycles. The Morgan fingerprint density at radius 2 is 1.94 bits per heavy atom. The molecule has 0 bridgehead atoms. The third-order valence-electron chi connectivity index (χ3n) is 5.79. The van der Waals surface area contributed by atoms with Gasteiger partial charge in [0, 0.05) is 60.8 Å². The van der Waals surface area contributed by atoms with Crippen molar-refractivity contribution in [2.24, 2.45) is 0 Å². The Kier molecular flexibility index (Phi) is 5.13. The number of piperazine rings is 1. The van der Waals surface area contributed by atoms with E-state index in [0.717, 1.165) is 18.8 Å². The molecule has 8 nitrogen and oxygen atoms in total. The summed E-state index contributed by atoms with van der Waals surface area (Å²) < 4.78 is 21.4. The zero-order chi connectivity index (χ0) is 23.3. The van der Waals surface area contributed by atoms with Crippen LogP contribution in [0.5, 0.6) is 0 Å². The van der Waals surface area contributed by atoms with Crippen molar-refractivity contribution in [3.8, 4) is 0 Å². The fourth-order valence-corrected chi connectivity index (χ4v) is 4.57. The van der Waals surface area contributed by atoms with Gasteiger partial charge in [0.25, 0.3) is 5.91 Å². The standard InChI is InChI=1S/C24H24FN5O3/c1-13-9-29(10-14(2)26-13)20-6-4-18(22-17(20)5-7-21(31)33-22)24(32)28-16-8-19(25)23-27-15(3)11-30(23)12-16/h4-8,11-14,26H,9-10H2,1-3H3,(H,28,32)/t13-,14-/m1/s1. The van der Waals surface area contributed by atoms with Gasteiger partial charge in [-0.3, -0.25) is 4.79 Å². The minimum Gasteiger partial charge on any atom is -0.422 e. The first-order valence-corrected chi connectivity index (χ1v) is 10.8. The predicted octanol–water partition coefficient (Wildman–Crippen LogP) is 3.33. The van der Waals surface area contributed by atoms with Crippen LogP contribution in [0.2, 0.25) is 0 Å². The van der Waals surface area contributed by atoms with Gasteiger partial charge in [-0.25, -0.2) is 14.2 Å². The number of pyridine rings is 1. The van der Waals surface area contributed by atoms with Crippen molar-refractivity contribution in [3.63, 3.8) is 0 Å². The Labute approximate surface area is 189 Å². The molecule has 1 saturated heterocycles. The molecule has 4 aromatic rings. The second-order valence-corrected chi connectivity index (χ2v) is 8.65. The van der Waals surface area contributed by atoms with Crippen molar-refractivity contribution in [2.75, 3.05) is 23.3 Å². The van der Waals surface area contributed by atoms with Crippen LogP contribution in [0.15, 0.2) is 51.9 Å². The van der Waals surface area contributed by atoms with E-state index in [1.165, 1.54) is 16.5 Å². The molecule has 0 unspecified atom stereocenters. The Morgan fingerprint density at radius 1 is 1.18 bits per heavy atom. The van der Waals surface area contributed by atoms with E-state index in [9.17, 15) is 14.0 Å². The van der Waals surface area contributed by atoms with Gasteiger partial charge in [-0.1, -0.05) is 0 Å². The molecule has 2 N–H and O–H groups in total. The van der Waals surface area contributed by atoms with E-state index in [1.54, 1.807) is 31.5 Å². The smallest absolute Gasteiger partial charge is 0.336 e. The average Bonchev–Trinajstić information content (AvgIpc) is 3.12. The van der Waals surface area contributed by atoms with Crippen molar-refractivity contribution in [1.29, 1.82) is 0 Å². The number of benzene rings is 1. The van der Waals surface area contributed by atoms with Gasteiger partial charge >= 0.3 is 5.63 Å². The Morgan fingerprint density at radius 3 is 2.70 bits per heavy atom. The molecular formula is C24H24FN5O3. The van der Waals surface area contributed by atoms with Crippen LogP contribution in [-0.4, -0.2) is 40.5 Å². The van der Waals surface area contributed by atoms with E-state index in [0.29, 0.717) is 23.2 Å². The summed E-state index contributed by atoms with van der Waals surface area (Å²) in [6.45, 7) is 7.57. The van der Waals surface area contributed by atoms with E-state index >= 15 is 0 Å². The number of carbonyl (C=O) groups is 1. The molecule has 3 aromatic heterocycles. The molecule has 9 heteroatoms. The number of hydrogen-bond donors (Lipinski definition) is 2. The predicted molar refractivity (Wildman–Crippen MR) is 125 cm³/mol. The van der Waals surface area contributed by atoms with E-state index < -0.39 is 17.3 Å². The summed E-state index contributed by atoms with van der Waals surface area (Å²) in [5.74, 6) is -1.05. The molecule has 1 aliphatic heterocycles. The lowest BCUT2D eigenvalue weighted by Gasteiger charge is -2.38. The molecule has 1 aliphatic rings. The van der Waals surface area contributed by atoms with Gasteiger partial charge in [-0.2, -0.15) is 0 Å². The second kappa shape index (κ2) is 8.00. The van der Waals surface area contributed by atoms with Crippen molar-refractivity contribution >= 4 is 33.9 Å². The minimum absolute atomic E-state index is 0.186. The Bertz CT molecular complexity index is 1430. The fraction of sp³-hybridized carbons (Fsp3) is 0.292. The van der Waals surface area contributed by atoms with E-state index in [1.807, 2.05) is 6.07 Å². The van der Waals surface area contributed by atoms with Crippen LogP contribution < -0.4 is 21.2 Å². The van der Waals surface area contributed by atoms with Gasteiger partial charge < -0.3 is 24.4 Å². The van der Waals surface area contributed by atoms with E-state index in [-0.39, 0.29) is 22.5 Å². The van der Waals surface area contributed by atoms with Gasteiger partial charge in [-0.05, 0) is 39.0 Å². The van der Waals surface area contributed by atoms with Crippen molar-refractivity contribution in [2.45, 2.75) is 32.9 Å². The quantitative estimate of drug-likeness (QED) is 0.466. The highest BCUT2D eigenvalue weighted by Gasteiger charge is 2.24. The molecule has 33 heavy (non-hydrogen) atoms. The molecule has 170 valence electrons. The molecule has 5 rings (SSSR count). The van der Waals surface area contributed by atoms with Crippen LogP contribution >= 0.6 is 0 Å². The monoisotopic (exact) mass is 449 g/mol. The van der Waals surface area contributed by atoms with Crippen molar-refractivity contribution in [3.05, 3.63) is 70.2 Å². The summed E-state index contributed by atoms with van der Waals surface area (Å²) >= 11 is 0. The largest absolute Gasteiger partial charge is 0.422 e. The zero-order valence-corrected chi connectivity index (χ0v) is 18.6. The third kappa shape index (κ3) is 3.95. The summed E-state index contributed by atoms with van der Waals surface area (Å²) in [7, 11) is 0. The summed E-state index contributed by atoms with van der Waals surface area (Å²) in [6.07, 6.45) is 3.26.